The van der Waals surface area contributed by atoms with E-state index >= 15 is 0 Å². The molecule has 1 saturated carbocycles. The number of halogens is 6. The lowest BCUT2D eigenvalue weighted by Gasteiger charge is -2.42. The Labute approximate surface area is 174 Å². The average Bonchev–Trinajstić information content (AvgIpc) is 2.62. The second-order valence-corrected chi connectivity index (χ2v) is 8.21. The molecule has 1 aliphatic carbocycles. The van der Waals surface area contributed by atoms with E-state index in [0.29, 0.717) is 25.2 Å². The number of rotatable bonds is 4. The number of nitrogens with one attached hydrogen (secondary N) is 1. The summed E-state index contributed by atoms with van der Waals surface area (Å²) in [7, 11) is 0. The molecule has 1 aliphatic heterocycles. The van der Waals surface area contributed by atoms with Gasteiger partial charge >= 0.3 is 12.4 Å². The van der Waals surface area contributed by atoms with Crippen LogP contribution >= 0.6 is 0 Å². The molecule has 2 aliphatic rings. The SMILES string of the molecule is N[C@H]1CCCC[C@H]1C(=O)N1CC(CC(=O)Nc2cc(C(F)(F)F)cc(C(F)(F)F)c2)C1. The molecule has 3 N–H and O–H groups in total. The summed E-state index contributed by atoms with van der Waals surface area (Å²) in [4.78, 5) is 26.3. The Morgan fingerprint density at radius 2 is 1.52 bits per heavy atom. The summed E-state index contributed by atoms with van der Waals surface area (Å²) in [6, 6.07) is 0.746. The molecule has 31 heavy (non-hydrogen) atoms. The zero-order valence-corrected chi connectivity index (χ0v) is 16.5. The minimum atomic E-state index is -4.99. The first-order valence-electron chi connectivity index (χ1n) is 9.98. The first kappa shape index (κ1) is 23.4. The smallest absolute Gasteiger partial charge is 0.342 e. The van der Waals surface area contributed by atoms with Gasteiger partial charge in [0.2, 0.25) is 11.8 Å². The maximum Gasteiger partial charge on any atom is 0.416 e. The molecule has 1 heterocycles. The lowest BCUT2D eigenvalue weighted by molar-refractivity contribution is -0.145. The number of alkyl halides is 6. The van der Waals surface area contributed by atoms with E-state index in [-0.39, 0.29) is 36.3 Å². The number of likely N-dealkylation sites (tertiary alicyclic amines) is 1. The van der Waals surface area contributed by atoms with Gasteiger partial charge in [-0.05, 0) is 31.0 Å². The second-order valence-electron chi connectivity index (χ2n) is 8.21. The number of nitrogens with zero attached hydrogens (tertiary/aromatic N) is 1. The van der Waals surface area contributed by atoms with Gasteiger partial charge in [0.15, 0.2) is 0 Å². The van der Waals surface area contributed by atoms with E-state index in [1.54, 1.807) is 4.90 Å². The lowest BCUT2D eigenvalue weighted by atomic mass is 9.82. The van der Waals surface area contributed by atoms with E-state index < -0.39 is 35.1 Å². The molecule has 2 amide bonds. The molecule has 172 valence electrons. The number of hydrogen-bond donors (Lipinski definition) is 2. The largest absolute Gasteiger partial charge is 0.416 e. The maximum absolute atomic E-state index is 12.9. The molecule has 2 atom stereocenters. The highest BCUT2D eigenvalue weighted by Crippen LogP contribution is 2.37. The van der Waals surface area contributed by atoms with E-state index in [1.165, 1.54) is 0 Å². The Morgan fingerprint density at radius 1 is 0.968 bits per heavy atom. The summed E-state index contributed by atoms with van der Waals surface area (Å²) in [5.41, 5.74) is 2.44. The van der Waals surface area contributed by atoms with Gasteiger partial charge in [0.25, 0.3) is 0 Å². The molecular formula is C20H23F6N3O2. The zero-order valence-electron chi connectivity index (χ0n) is 16.5. The average molecular weight is 451 g/mol. The van der Waals surface area contributed by atoms with Crippen LogP contribution < -0.4 is 11.1 Å². The van der Waals surface area contributed by atoms with Crippen molar-refractivity contribution in [3.8, 4) is 0 Å². The Morgan fingerprint density at radius 3 is 2.03 bits per heavy atom. The first-order valence-corrected chi connectivity index (χ1v) is 9.98. The fourth-order valence-electron chi connectivity index (χ4n) is 4.08. The zero-order chi connectivity index (χ0) is 23.0. The standard InChI is InChI=1S/C20H23F6N3O2/c21-19(22,23)12-6-13(20(24,25)26)8-14(7-12)28-17(30)5-11-9-29(10-11)18(31)15-3-1-2-4-16(15)27/h6-8,11,15-16H,1-5,9-10,27H2,(H,28,30)/t15-,16+/m1/s1. The van der Waals surface area contributed by atoms with Crippen LogP contribution in [0.5, 0.6) is 0 Å². The summed E-state index contributed by atoms with van der Waals surface area (Å²) in [5, 5.41) is 2.12. The van der Waals surface area contributed by atoms with E-state index in [1.807, 2.05) is 0 Å². The van der Waals surface area contributed by atoms with Crippen molar-refractivity contribution in [1.29, 1.82) is 0 Å². The molecule has 1 aromatic rings. The third-order valence-electron chi connectivity index (χ3n) is 5.75. The molecule has 11 heteroatoms. The highest BCUT2D eigenvalue weighted by Gasteiger charge is 2.39. The van der Waals surface area contributed by atoms with Crippen molar-refractivity contribution in [1.82, 2.24) is 4.90 Å². The Balaban J connectivity index is 1.57. The van der Waals surface area contributed by atoms with Crippen LogP contribution in [0.25, 0.3) is 0 Å². The first-order chi connectivity index (χ1) is 14.3. The van der Waals surface area contributed by atoms with Crippen LogP contribution in [-0.4, -0.2) is 35.8 Å². The number of benzene rings is 1. The molecule has 0 spiro atoms. The van der Waals surface area contributed by atoms with Crippen molar-refractivity contribution in [3.05, 3.63) is 29.3 Å². The molecule has 0 aromatic heterocycles. The molecule has 0 unspecified atom stereocenters. The van der Waals surface area contributed by atoms with Crippen LogP contribution in [-0.2, 0) is 21.9 Å². The number of amides is 2. The summed E-state index contributed by atoms with van der Waals surface area (Å²) in [5.74, 6) is -1.22. The molecule has 5 nitrogen and oxygen atoms in total. The van der Waals surface area contributed by atoms with Crippen LogP contribution in [0.2, 0.25) is 0 Å². The monoisotopic (exact) mass is 451 g/mol. The van der Waals surface area contributed by atoms with E-state index in [2.05, 4.69) is 5.32 Å². The number of anilines is 1. The number of carbonyl (C=O) groups excluding carboxylic acids is 2. The quantitative estimate of drug-likeness (QED) is 0.679. The molecule has 1 aromatic carbocycles. The van der Waals surface area contributed by atoms with Gasteiger partial charge in [-0.15, -0.1) is 0 Å². The molecule has 0 radical (unpaired) electrons. The van der Waals surface area contributed by atoms with Crippen molar-refractivity contribution in [2.24, 2.45) is 17.6 Å². The molecule has 3 rings (SSSR count). The van der Waals surface area contributed by atoms with Crippen LogP contribution in [0.15, 0.2) is 18.2 Å². The minimum Gasteiger partial charge on any atom is -0.342 e. The van der Waals surface area contributed by atoms with Gasteiger partial charge in [0, 0.05) is 37.2 Å². The van der Waals surface area contributed by atoms with Crippen molar-refractivity contribution in [2.75, 3.05) is 18.4 Å². The molecular weight excluding hydrogens is 428 g/mol. The van der Waals surface area contributed by atoms with Crippen LogP contribution in [0.4, 0.5) is 32.0 Å². The van der Waals surface area contributed by atoms with Gasteiger partial charge in [-0.1, -0.05) is 12.8 Å². The molecule has 0 bridgehead atoms. The fourth-order valence-corrected chi connectivity index (χ4v) is 4.08. The van der Waals surface area contributed by atoms with E-state index in [4.69, 9.17) is 5.73 Å². The van der Waals surface area contributed by atoms with Gasteiger partial charge in [-0.25, -0.2) is 0 Å². The van der Waals surface area contributed by atoms with Crippen molar-refractivity contribution < 1.29 is 35.9 Å². The van der Waals surface area contributed by atoms with Gasteiger partial charge < -0.3 is 16.0 Å². The van der Waals surface area contributed by atoms with E-state index in [9.17, 15) is 35.9 Å². The highest BCUT2D eigenvalue weighted by molar-refractivity contribution is 5.91. The van der Waals surface area contributed by atoms with Gasteiger partial charge in [-0.2, -0.15) is 26.3 Å². The van der Waals surface area contributed by atoms with Crippen LogP contribution in [0.1, 0.15) is 43.2 Å². The minimum absolute atomic E-state index is 0.00104. The van der Waals surface area contributed by atoms with Crippen molar-refractivity contribution in [2.45, 2.75) is 50.5 Å². The highest BCUT2D eigenvalue weighted by atomic mass is 19.4. The van der Waals surface area contributed by atoms with Gasteiger partial charge in [0.1, 0.15) is 0 Å². The topological polar surface area (TPSA) is 75.4 Å². The Bertz CT molecular complexity index is 801. The number of nitrogens with two attached hydrogens (primary N) is 1. The predicted molar refractivity (Wildman–Crippen MR) is 99.7 cm³/mol. The fraction of sp³-hybridized carbons (Fsp3) is 0.600. The third-order valence-corrected chi connectivity index (χ3v) is 5.75. The predicted octanol–water partition coefficient (Wildman–Crippen LogP) is 4.03. The van der Waals surface area contributed by atoms with Crippen LogP contribution in [0.3, 0.4) is 0 Å². The third kappa shape index (κ3) is 5.69. The summed E-state index contributed by atoms with van der Waals surface area (Å²) >= 11 is 0. The second kappa shape index (κ2) is 8.68. The van der Waals surface area contributed by atoms with Crippen LogP contribution in [0, 0.1) is 11.8 Å². The number of hydrogen-bond acceptors (Lipinski definition) is 3. The molecule has 1 saturated heterocycles. The Hall–Kier alpha value is -2.30. The Kier molecular flexibility index (Phi) is 6.54. The maximum atomic E-state index is 12.9. The lowest BCUT2D eigenvalue weighted by Crippen LogP contribution is -2.55. The van der Waals surface area contributed by atoms with Gasteiger partial charge in [0.05, 0.1) is 17.0 Å². The van der Waals surface area contributed by atoms with Gasteiger partial charge in [-0.3, -0.25) is 9.59 Å². The molecule has 2 fully saturated rings. The summed E-state index contributed by atoms with van der Waals surface area (Å²) in [6.07, 6.45) is -6.67. The number of carbonyl (C=O) groups is 2. The summed E-state index contributed by atoms with van der Waals surface area (Å²) < 4.78 is 77.5. The van der Waals surface area contributed by atoms with Crippen molar-refractivity contribution >= 4 is 17.5 Å². The van der Waals surface area contributed by atoms with Crippen molar-refractivity contribution in [3.63, 3.8) is 0 Å². The van der Waals surface area contributed by atoms with E-state index in [0.717, 1.165) is 25.7 Å². The summed E-state index contributed by atoms with van der Waals surface area (Å²) in [6.45, 7) is 0.623. The normalized spacial score (nSPS) is 22.7.